The van der Waals surface area contributed by atoms with E-state index in [9.17, 15) is 4.39 Å². The van der Waals surface area contributed by atoms with Crippen LogP contribution >= 0.6 is 39.1 Å². The fraction of sp³-hybridized carbons (Fsp3) is 0.200. The minimum absolute atomic E-state index is 0.348. The number of hydrogen-bond acceptors (Lipinski definition) is 2. The molecule has 0 aliphatic heterocycles. The Labute approximate surface area is 141 Å². The molecule has 6 heteroatoms. The number of benzene rings is 2. The van der Waals surface area contributed by atoms with Crippen molar-refractivity contribution in [1.82, 2.24) is 0 Å². The van der Waals surface area contributed by atoms with Gasteiger partial charge in [0.2, 0.25) is 0 Å². The molecule has 0 fully saturated rings. The fourth-order valence-electron chi connectivity index (χ4n) is 1.97. The Bertz CT molecular complexity index is 666. The third-order valence-electron chi connectivity index (χ3n) is 2.98. The van der Waals surface area contributed by atoms with Crippen LogP contribution in [0, 0.1) is 5.82 Å². The van der Waals surface area contributed by atoms with Gasteiger partial charge in [-0.1, -0.05) is 45.2 Å². The molecule has 0 aliphatic carbocycles. The summed E-state index contributed by atoms with van der Waals surface area (Å²) in [4.78, 5) is 0. The lowest BCUT2D eigenvalue weighted by atomic mass is 9.99. The topological polar surface area (TPSA) is 35.2 Å². The van der Waals surface area contributed by atoms with Gasteiger partial charge in [0, 0.05) is 21.1 Å². The molecule has 0 saturated carbocycles. The van der Waals surface area contributed by atoms with Crippen LogP contribution in [0.5, 0.6) is 5.75 Å². The summed E-state index contributed by atoms with van der Waals surface area (Å²) >= 11 is 15.6. The molecule has 2 rings (SSSR count). The van der Waals surface area contributed by atoms with E-state index in [-0.39, 0.29) is 0 Å². The lowest BCUT2D eigenvalue weighted by Gasteiger charge is -2.17. The third-order valence-corrected chi connectivity index (χ3v) is 4.10. The van der Waals surface area contributed by atoms with Gasteiger partial charge in [-0.05, 0) is 30.7 Å². The number of ether oxygens (including phenoxy) is 1. The molecule has 1 unspecified atom stereocenters. The van der Waals surface area contributed by atoms with E-state index in [1.807, 2.05) is 6.92 Å². The molecule has 0 aromatic heterocycles. The zero-order valence-electron chi connectivity index (χ0n) is 11.2. The molecule has 0 saturated heterocycles. The first-order valence-electron chi connectivity index (χ1n) is 6.26. The zero-order valence-corrected chi connectivity index (χ0v) is 14.3. The van der Waals surface area contributed by atoms with Crippen molar-refractivity contribution in [1.29, 1.82) is 0 Å². The lowest BCUT2D eigenvalue weighted by molar-refractivity contribution is 0.340. The quantitative estimate of drug-likeness (QED) is 0.761. The minimum atomic E-state index is -0.709. The minimum Gasteiger partial charge on any atom is -0.492 e. The van der Waals surface area contributed by atoms with Crippen molar-refractivity contribution < 1.29 is 9.13 Å². The predicted octanol–water partition coefficient (Wildman–Crippen LogP) is 5.34. The molecule has 21 heavy (non-hydrogen) atoms. The van der Waals surface area contributed by atoms with Crippen molar-refractivity contribution in [3.05, 3.63) is 61.8 Å². The summed E-state index contributed by atoms with van der Waals surface area (Å²) in [7, 11) is 0. The van der Waals surface area contributed by atoms with Gasteiger partial charge in [-0.2, -0.15) is 0 Å². The van der Waals surface area contributed by atoms with E-state index in [4.69, 9.17) is 33.7 Å². The average molecular weight is 393 g/mol. The SMILES string of the molecule is CCOc1cc(Cl)c(C(N)c2ccc(Br)cc2F)cc1Cl. The molecular weight excluding hydrogens is 380 g/mol. The van der Waals surface area contributed by atoms with E-state index < -0.39 is 11.9 Å². The van der Waals surface area contributed by atoms with Crippen LogP contribution in [0.1, 0.15) is 24.1 Å². The van der Waals surface area contributed by atoms with Crippen LogP contribution in [0.15, 0.2) is 34.8 Å². The number of nitrogens with two attached hydrogens (primary N) is 1. The number of hydrogen-bond donors (Lipinski definition) is 1. The van der Waals surface area contributed by atoms with Crippen molar-refractivity contribution >= 4 is 39.1 Å². The summed E-state index contributed by atoms with van der Waals surface area (Å²) in [6, 6.07) is 7.20. The predicted molar refractivity (Wildman–Crippen MR) is 87.8 cm³/mol. The largest absolute Gasteiger partial charge is 0.492 e. The Morgan fingerprint density at radius 1 is 1.19 bits per heavy atom. The molecule has 1 atom stereocenters. The van der Waals surface area contributed by atoms with E-state index >= 15 is 0 Å². The normalized spacial score (nSPS) is 12.3. The van der Waals surface area contributed by atoms with E-state index in [0.29, 0.717) is 38.0 Å². The maximum absolute atomic E-state index is 14.0. The summed E-state index contributed by atoms with van der Waals surface area (Å²) in [6.07, 6.45) is 0. The Morgan fingerprint density at radius 3 is 2.52 bits per heavy atom. The Hall–Kier alpha value is -0.810. The molecule has 0 amide bonds. The second-order valence-electron chi connectivity index (χ2n) is 4.38. The Morgan fingerprint density at radius 2 is 1.90 bits per heavy atom. The maximum atomic E-state index is 14.0. The van der Waals surface area contributed by atoms with Crippen LogP contribution in [0.25, 0.3) is 0 Å². The van der Waals surface area contributed by atoms with Crippen LogP contribution in [0.4, 0.5) is 4.39 Å². The molecule has 2 nitrogen and oxygen atoms in total. The summed E-state index contributed by atoms with van der Waals surface area (Å²) in [5, 5.41) is 0.780. The lowest BCUT2D eigenvalue weighted by Crippen LogP contribution is -2.14. The Balaban J connectivity index is 2.43. The summed E-state index contributed by atoms with van der Waals surface area (Å²) in [5.41, 5.74) is 7.02. The highest BCUT2D eigenvalue weighted by Gasteiger charge is 2.19. The van der Waals surface area contributed by atoms with Gasteiger partial charge in [0.05, 0.1) is 17.7 Å². The van der Waals surface area contributed by atoms with Crippen LogP contribution in [-0.2, 0) is 0 Å². The zero-order chi connectivity index (χ0) is 15.6. The van der Waals surface area contributed by atoms with Crippen LogP contribution in [-0.4, -0.2) is 6.61 Å². The van der Waals surface area contributed by atoms with Crippen molar-refractivity contribution in [3.8, 4) is 5.75 Å². The van der Waals surface area contributed by atoms with Gasteiger partial charge in [-0.25, -0.2) is 4.39 Å². The third kappa shape index (κ3) is 3.69. The van der Waals surface area contributed by atoms with Gasteiger partial charge >= 0.3 is 0 Å². The molecular formula is C15H13BrCl2FNO. The van der Waals surface area contributed by atoms with Crippen LogP contribution in [0.2, 0.25) is 10.0 Å². The smallest absolute Gasteiger partial charge is 0.139 e. The highest BCUT2D eigenvalue weighted by molar-refractivity contribution is 9.10. The number of rotatable bonds is 4. The van der Waals surface area contributed by atoms with Crippen molar-refractivity contribution in [2.24, 2.45) is 5.73 Å². The van der Waals surface area contributed by atoms with Gasteiger partial charge in [0.1, 0.15) is 11.6 Å². The summed E-state index contributed by atoms with van der Waals surface area (Å²) in [5.74, 6) is 0.0781. The van der Waals surface area contributed by atoms with Gasteiger partial charge in [-0.3, -0.25) is 0 Å². The summed E-state index contributed by atoms with van der Waals surface area (Å²) in [6.45, 7) is 2.32. The van der Waals surface area contributed by atoms with E-state index in [2.05, 4.69) is 15.9 Å². The average Bonchev–Trinajstić information content (AvgIpc) is 2.42. The molecule has 0 spiro atoms. The molecule has 112 valence electrons. The monoisotopic (exact) mass is 391 g/mol. The van der Waals surface area contributed by atoms with E-state index in [0.717, 1.165) is 0 Å². The summed E-state index contributed by atoms with van der Waals surface area (Å²) < 4.78 is 20.0. The van der Waals surface area contributed by atoms with Gasteiger partial charge in [0.15, 0.2) is 0 Å². The Kier molecular flexibility index (Phi) is 5.49. The second kappa shape index (κ2) is 6.97. The highest BCUT2D eigenvalue weighted by Crippen LogP contribution is 2.36. The molecule has 0 bridgehead atoms. The van der Waals surface area contributed by atoms with E-state index in [1.165, 1.54) is 6.07 Å². The first kappa shape index (κ1) is 16.6. The first-order chi connectivity index (χ1) is 9.93. The van der Waals surface area contributed by atoms with Crippen LogP contribution < -0.4 is 10.5 Å². The highest BCUT2D eigenvalue weighted by atomic mass is 79.9. The molecule has 0 radical (unpaired) electrons. The fourth-order valence-corrected chi connectivity index (χ4v) is 2.80. The van der Waals surface area contributed by atoms with Crippen molar-refractivity contribution in [2.75, 3.05) is 6.61 Å². The van der Waals surface area contributed by atoms with Crippen LogP contribution in [0.3, 0.4) is 0 Å². The molecule has 2 aromatic rings. The first-order valence-corrected chi connectivity index (χ1v) is 7.81. The molecule has 2 N–H and O–H groups in total. The van der Waals surface area contributed by atoms with Gasteiger partial charge in [-0.15, -0.1) is 0 Å². The number of halogens is 4. The molecule has 2 aromatic carbocycles. The molecule has 0 heterocycles. The molecule has 0 aliphatic rings. The standard InChI is InChI=1S/C15H13BrCl2FNO/c1-2-21-14-7-11(17)10(6-12(14)18)15(20)9-4-3-8(16)5-13(9)19/h3-7,15H,2,20H2,1H3. The van der Waals surface area contributed by atoms with Crippen molar-refractivity contribution in [2.45, 2.75) is 13.0 Å². The van der Waals surface area contributed by atoms with E-state index in [1.54, 1.807) is 24.3 Å². The van der Waals surface area contributed by atoms with Gasteiger partial charge < -0.3 is 10.5 Å². The van der Waals surface area contributed by atoms with Gasteiger partial charge in [0.25, 0.3) is 0 Å². The van der Waals surface area contributed by atoms with Crippen molar-refractivity contribution in [3.63, 3.8) is 0 Å². The maximum Gasteiger partial charge on any atom is 0.139 e. The second-order valence-corrected chi connectivity index (χ2v) is 6.11.